The fourth-order valence-corrected chi connectivity index (χ4v) is 5.64. The summed E-state index contributed by atoms with van der Waals surface area (Å²) in [4.78, 5) is 18.8. The standard InChI is InChI=1S/C34H39N5O4S/c1-6-19-44-34-37-33-35-23(5)30(32(40)36-26-11-9-10-12-27(26)41-7-2)31(39(33)38-34)25-17-18-28(29(20-25)42-8-3)43-21-24-15-13-22(4)14-16-24/h9-18,20,31H,6-8,19,21H2,1-5H3,(H,36,40)(H,35,37,38). The summed E-state index contributed by atoms with van der Waals surface area (Å²) in [5, 5.41) is 11.9. The van der Waals surface area contributed by atoms with Crippen molar-refractivity contribution in [2.24, 2.45) is 0 Å². The number of nitrogens with zero attached hydrogens (tertiary/aromatic N) is 3. The van der Waals surface area contributed by atoms with E-state index >= 15 is 0 Å². The van der Waals surface area contributed by atoms with E-state index in [2.05, 4.69) is 48.7 Å². The molecule has 0 fully saturated rings. The average Bonchev–Trinajstić information content (AvgIpc) is 3.43. The molecule has 0 aliphatic carbocycles. The second kappa shape index (κ2) is 14.4. The number of thioether (sulfide) groups is 1. The predicted molar refractivity (Wildman–Crippen MR) is 175 cm³/mol. The topological polar surface area (TPSA) is 99.5 Å². The number of aryl methyl sites for hydroxylation is 1. The van der Waals surface area contributed by atoms with Gasteiger partial charge in [0.05, 0.1) is 24.5 Å². The van der Waals surface area contributed by atoms with Crippen LogP contribution in [0, 0.1) is 6.92 Å². The minimum Gasteiger partial charge on any atom is -0.492 e. The molecule has 2 heterocycles. The Hall–Kier alpha value is -4.44. The predicted octanol–water partition coefficient (Wildman–Crippen LogP) is 7.39. The normalized spacial score (nSPS) is 14.1. The van der Waals surface area contributed by atoms with E-state index in [1.807, 2.05) is 63.2 Å². The van der Waals surface area contributed by atoms with Crippen LogP contribution in [0.25, 0.3) is 0 Å². The first-order valence-corrected chi connectivity index (χ1v) is 16.0. The molecule has 10 heteroatoms. The Morgan fingerprint density at radius 1 is 0.932 bits per heavy atom. The maximum Gasteiger partial charge on any atom is 0.255 e. The molecule has 1 aliphatic rings. The Morgan fingerprint density at radius 3 is 2.43 bits per heavy atom. The van der Waals surface area contributed by atoms with E-state index in [1.165, 1.54) is 5.56 Å². The van der Waals surface area contributed by atoms with Gasteiger partial charge in [-0.2, -0.15) is 4.98 Å². The van der Waals surface area contributed by atoms with Crippen molar-refractivity contribution in [2.75, 3.05) is 29.6 Å². The molecule has 0 saturated carbocycles. The van der Waals surface area contributed by atoms with Gasteiger partial charge in [0, 0.05) is 11.4 Å². The van der Waals surface area contributed by atoms with Crippen LogP contribution in [0.1, 0.15) is 56.8 Å². The van der Waals surface area contributed by atoms with E-state index in [0.717, 1.165) is 23.3 Å². The molecule has 5 rings (SSSR count). The zero-order valence-corrected chi connectivity index (χ0v) is 26.7. The van der Waals surface area contributed by atoms with Gasteiger partial charge in [-0.05, 0) is 69.5 Å². The molecule has 0 radical (unpaired) electrons. The van der Waals surface area contributed by atoms with Crippen LogP contribution in [0.4, 0.5) is 11.6 Å². The van der Waals surface area contributed by atoms with Crippen molar-refractivity contribution >= 4 is 29.3 Å². The fourth-order valence-electron chi connectivity index (χ4n) is 4.96. The molecule has 0 bridgehead atoms. The zero-order valence-electron chi connectivity index (χ0n) is 25.8. The van der Waals surface area contributed by atoms with Crippen LogP contribution >= 0.6 is 11.8 Å². The van der Waals surface area contributed by atoms with Crippen LogP contribution in [-0.2, 0) is 11.4 Å². The second-order valence-electron chi connectivity index (χ2n) is 10.4. The van der Waals surface area contributed by atoms with Crippen molar-refractivity contribution in [1.82, 2.24) is 14.8 Å². The van der Waals surface area contributed by atoms with Crippen LogP contribution in [0.3, 0.4) is 0 Å². The molecule has 1 aromatic heterocycles. The van der Waals surface area contributed by atoms with Gasteiger partial charge in [0.15, 0.2) is 11.5 Å². The number of nitrogens with one attached hydrogen (secondary N) is 2. The van der Waals surface area contributed by atoms with Gasteiger partial charge in [-0.25, -0.2) is 4.68 Å². The van der Waals surface area contributed by atoms with Gasteiger partial charge in [-0.3, -0.25) is 4.79 Å². The Morgan fingerprint density at radius 2 is 1.68 bits per heavy atom. The smallest absolute Gasteiger partial charge is 0.255 e. The maximum absolute atomic E-state index is 14.1. The zero-order chi connectivity index (χ0) is 31.1. The largest absolute Gasteiger partial charge is 0.492 e. The van der Waals surface area contributed by atoms with E-state index in [-0.39, 0.29) is 5.91 Å². The quantitative estimate of drug-likeness (QED) is 0.151. The molecule has 0 saturated heterocycles. The lowest BCUT2D eigenvalue weighted by Gasteiger charge is -2.29. The van der Waals surface area contributed by atoms with Crippen LogP contribution in [-0.4, -0.2) is 39.6 Å². The molecule has 2 N–H and O–H groups in total. The van der Waals surface area contributed by atoms with E-state index in [4.69, 9.17) is 24.3 Å². The van der Waals surface area contributed by atoms with Crippen LogP contribution in [0.2, 0.25) is 0 Å². The van der Waals surface area contributed by atoms with Gasteiger partial charge >= 0.3 is 0 Å². The lowest BCUT2D eigenvalue weighted by Crippen LogP contribution is -2.31. The highest BCUT2D eigenvalue weighted by Gasteiger charge is 2.35. The summed E-state index contributed by atoms with van der Waals surface area (Å²) in [5.41, 5.74) is 4.87. The fraction of sp³-hybridized carbons (Fsp3) is 0.324. The van der Waals surface area contributed by atoms with Gasteiger partial charge < -0.3 is 24.8 Å². The number of hydrogen-bond donors (Lipinski definition) is 2. The van der Waals surface area contributed by atoms with E-state index < -0.39 is 6.04 Å². The van der Waals surface area contributed by atoms with Crippen molar-refractivity contribution in [3.05, 3.63) is 94.7 Å². The number of carbonyl (C=O) groups excluding carboxylic acids is 1. The molecular weight excluding hydrogens is 574 g/mol. The van der Waals surface area contributed by atoms with Crippen molar-refractivity contribution < 1.29 is 19.0 Å². The third-order valence-corrected chi connectivity index (χ3v) is 8.09. The molecule has 1 unspecified atom stereocenters. The molecule has 0 spiro atoms. The molecule has 1 aliphatic heterocycles. The van der Waals surface area contributed by atoms with E-state index in [1.54, 1.807) is 16.4 Å². The summed E-state index contributed by atoms with van der Waals surface area (Å²) < 4.78 is 19.8. The Bertz CT molecular complexity index is 1630. The van der Waals surface area contributed by atoms with Crippen LogP contribution in [0.5, 0.6) is 17.2 Å². The summed E-state index contributed by atoms with van der Waals surface area (Å²) in [6.45, 7) is 11.3. The number of fused-ring (bicyclic) bond motifs is 1. The summed E-state index contributed by atoms with van der Waals surface area (Å²) in [6.07, 6.45) is 0.997. The highest BCUT2D eigenvalue weighted by atomic mass is 32.2. The molecule has 230 valence electrons. The summed E-state index contributed by atoms with van der Waals surface area (Å²) in [7, 11) is 0. The minimum atomic E-state index is -0.570. The van der Waals surface area contributed by atoms with Gasteiger partial charge in [-0.1, -0.05) is 66.7 Å². The third kappa shape index (κ3) is 7.02. The van der Waals surface area contributed by atoms with Crippen molar-refractivity contribution in [2.45, 2.75) is 58.8 Å². The number of anilines is 2. The minimum absolute atomic E-state index is 0.270. The number of aromatic nitrogens is 3. The number of carbonyl (C=O) groups is 1. The van der Waals surface area contributed by atoms with Crippen LogP contribution in [0.15, 0.2) is 83.2 Å². The van der Waals surface area contributed by atoms with Crippen molar-refractivity contribution in [1.29, 1.82) is 0 Å². The number of allylic oxidation sites excluding steroid dienone is 1. The first-order valence-electron chi connectivity index (χ1n) is 15.0. The third-order valence-electron chi connectivity index (χ3n) is 7.05. The van der Waals surface area contributed by atoms with Crippen molar-refractivity contribution in [3.63, 3.8) is 0 Å². The number of para-hydroxylation sites is 2. The van der Waals surface area contributed by atoms with Crippen molar-refractivity contribution in [3.8, 4) is 17.2 Å². The number of amides is 1. The molecular formula is C34H39N5O4S. The van der Waals surface area contributed by atoms with E-state index in [0.29, 0.717) is 65.1 Å². The number of rotatable bonds is 13. The van der Waals surface area contributed by atoms with Gasteiger partial charge in [0.2, 0.25) is 11.1 Å². The highest BCUT2D eigenvalue weighted by molar-refractivity contribution is 7.99. The molecule has 1 atom stereocenters. The number of benzene rings is 3. The van der Waals surface area contributed by atoms with Gasteiger partial charge in [0.1, 0.15) is 18.4 Å². The summed E-state index contributed by atoms with van der Waals surface area (Å²) >= 11 is 1.59. The molecule has 3 aromatic carbocycles. The highest BCUT2D eigenvalue weighted by Crippen LogP contribution is 2.40. The Labute approximate surface area is 263 Å². The average molecular weight is 614 g/mol. The molecule has 44 heavy (non-hydrogen) atoms. The summed E-state index contributed by atoms with van der Waals surface area (Å²) in [6, 6.07) is 20.9. The lowest BCUT2D eigenvalue weighted by molar-refractivity contribution is -0.113. The molecule has 1 amide bonds. The number of hydrogen-bond acceptors (Lipinski definition) is 8. The van der Waals surface area contributed by atoms with Crippen LogP contribution < -0.4 is 24.8 Å². The maximum atomic E-state index is 14.1. The molecule has 9 nitrogen and oxygen atoms in total. The Balaban J connectivity index is 1.53. The number of ether oxygens (including phenoxy) is 3. The molecule has 4 aromatic rings. The van der Waals surface area contributed by atoms with E-state index in [9.17, 15) is 4.79 Å². The summed E-state index contributed by atoms with van der Waals surface area (Å²) in [5.74, 6) is 3.03. The van der Waals surface area contributed by atoms with Gasteiger partial charge in [0.25, 0.3) is 5.91 Å². The Kier molecular flexibility index (Phi) is 10.1. The first kappa shape index (κ1) is 31.0. The first-order chi connectivity index (χ1) is 21.4. The monoisotopic (exact) mass is 613 g/mol. The lowest BCUT2D eigenvalue weighted by atomic mass is 9.94. The second-order valence-corrected chi connectivity index (χ2v) is 11.4. The SMILES string of the molecule is CCCSc1nc2n(n1)C(c1ccc(OCc3ccc(C)cc3)c(OCC)c1)C(C(=O)Nc1ccccc1OCC)=C(C)N2. The van der Waals surface area contributed by atoms with Gasteiger partial charge in [-0.15, -0.1) is 5.10 Å².